The Bertz CT molecular complexity index is 967. The second-order valence-electron chi connectivity index (χ2n) is 8.11. The summed E-state index contributed by atoms with van der Waals surface area (Å²) in [7, 11) is 1.24. The molecule has 1 atom stereocenters. The number of anilines is 1. The molecule has 0 aliphatic carbocycles. The highest BCUT2D eigenvalue weighted by Gasteiger charge is 2.26. The van der Waals surface area contributed by atoms with Crippen LogP contribution in [0.1, 0.15) is 36.7 Å². The number of rotatable bonds is 8. The molecular weight excluding hydrogens is 428 g/mol. The number of methoxy groups -OCH3 is 1. The van der Waals surface area contributed by atoms with Gasteiger partial charge in [-0.1, -0.05) is 30.3 Å². The third kappa shape index (κ3) is 9.02. The number of Topliss-reactive ketones (excluding diaryl/α,β-unsaturated/α-hetero) is 1. The molecule has 0 aliphatic rings. The number of alkyl carbamates (subject to hydrolysis) is 1. The highest BCUT2D eigenvalue weighted by Crippen LogP contribution is 2.12. The quantitative estimate of drug-likeness (QED) is 0.353. The Morgan fingerprint density at radius 3 is 2.12 bits per heavy atom. The number of hydrogen-bond donors (Lipinski definition) is 2. The monoisotopic (exact) mass is 456 g/mol. The third-order valence-electron chi connectivity index (χ3n) is 4.24. The smallest absolute Gasteiger partial charge is 0.411 e. The van der Waals surface area contributed by atoms with E-state index in [0.717, 1.165) is 5.56 Å². The second-order valence-corrected chi connectivity index (χ2v) is 8.11. The first kappa shape index (κ1) is 25.4. The highest BCUT2D eigenvalue weighted by molar-refractivity contribution is 5.99. The van der Waals surface area contributed by atoms with Crippen LogP contribution in [0.4, 0.5) is 15.3 Å². The Labute approximate surface area is 192 Å². The molecular formula is C24H28N2O7. The van der Waals surface area contributed by atoms with Crippen LogP contribution in [0.3, 0.4) is 0 Å². The average Bonchev–Trinajstić information content (AvgIpc) is 2.76. The molecule has 2 amide bonds. The molecule has 0 spiro atoms. The molecule has 0 aromatic heterocycles. The molecule has 0 fully saturated rings. The van der Waals surface area contributed by atoms with Crippen LogP contribution in [-0.2, 0) is 25.4 Å². The average molecular weight is 456 g/mol. The van der Waals surface area contributed by atoms with Gasteiger partial charge in [0, 0.05) is 17.7 Å². The molecule has 0 saturated heterocycles. The second kappa shape index (κ2) is 11.7. The fourth-order valence-corrected chi connectivity index (χ4v) is 2.72. The summed E-state index contributed by atoms with van der Waals surface area (Å²) >= 11 is 0. The van der Waals surface area contributed by atoms with Crippen molar-refractivity contribution >= 4 is 29.6 Å². The fraction of sp³-hybridized carbons (Fsp3) is 0.333. The van der Waals surface area contributed by atoms with E-state index in [4.69, 9.17) is 9.47 Å². The lowest BCUT2D eigenvalue weighted by molar-refractivity contribution is -0.145. The van der Waals surface area contributed by atoms with Crippen LogP contribution in [0.25, 0.3) is 0 Å². The highest BCUT2D eigenvalue weighted by atomic mass is 16.6. The Morgan fingerprint density at radius 2 is 1.55 bits per heavy atom. The number of benzene rings is 2. The maximum Gasteiger partial charge on any atom is 0.411 e. The van der Waals surface area contributed by atoms with Crippen LogP contribution < -0.4 is 10.6 Å². The minimum absolute atomic E-state index is 0.168. The summed E-state index contributed by atoms with van der Waals surface area (Å²) in [6.07, 6.45) is -1.23. The number of nitrogens with one attached hydrogen (secondary N) is 2. The molecule has 33 heavy (non-hydrogen) atoms. The van der Waals surface area contributed by atoms with Crippen molar-refractivity contribution in [2.24, 2.45) is 0 Å². The fourth-order valence-electron chi connectivity index (χ4n) is 2.72. The molecule has 176 valence electrons. The summed E-state index contributed by atoms with van der Waals surface area (Å²) < 4.78 is 14.9. The summed E-state index contributed by atoms with van der Waals surface area (Å²) in [5, 5.41) is 4.99. The van der Waals surface area contributed by atoms with Gasteiger partial charge < -0.3 is 19.5 Å². The van der Waals surface area contributed by atoms with Crippen LogP contribution in [0, 0.1) is 0 Å². The largest absolute Gasteiger partial charge is 0.456 e. The molecule has 0 bridgehead atoms. The van der Waals surface area contributed by atoms with Crippen molar-refractivity contribution < 1.29 is 33.4 Å². The Balaban J connectivity index is 2.01. The van der Waals surface area contributed by atoms with Crippen molar-refractivity contribution in [2.45, 2.75) is 38.8 Å². The zero-order chi connectivity index (χ0) is 24.4. The summed E-state index contributed by atoms with van der Waals surface area (Å²) in [5.41, 5.74) is 0.796. The molecule has 1 unspecified atom stereocenters. The summed E-state index contributed by atoms with van der Waals surface area (Å²) in [5.74, 6) is -1.20. The van der Waals surface area contributed by atoms with Crippen LogP contribution in [0.15, 0.2) is 54.6 Å². The van der Waals surface area contributed by atoms with Gasteiger partial charge in [0.05, 0.1) is 7.11 Å². The van der Waals surface area contributed by atoms with Crippen LogP contribution in [0.2, 0.25) is 0 Å². The van der Waals surface area contributed by atoms with Gasteiger partial charge in [0.2, 0.25) is 0 Å². The van der Waals surface area contributed by atoms with Gasteiger partial charge in [-0.2, -0.15) is 0 Å². The summed E-state index contributed by atoms with van der Waals surface area (Å²) in [4.78, 5) is 48.6. The number of carbonyl (C=O) groups excluding carboxylic acids is 4. The van der Waals surface area contributed by atoms with Crippen LogP contribution in [-0.4, -0.2) is 49.3 Å². The minimum Gasteiger partial charge on any atom is -0.456 e. The van der Waals surface area contributed by atoms with Crippen molar-refractivity contribution in [1.29, 1.82) is 0 Å². The van der Waals surface area contributed by atoms with Crippen molar-refractivity contribution in [3.8, 4) is 0 Å². The zero-order valence-electron chi connectivity index (χ0n) is 19.0. The van der Waals surface area contributed by atoms with Gasteiger partial charge in [-0.05, 0) is 50.6 Å². The van der Waals surface area contributed by atoms with Crippen molar-refractivity contribution in [3.63, 3.8) is 0 Å². The van der Waals surface area contributed by atoms with E-state index >= 15 is 0 Å². The lowest BCUT2D eigenvalue weighted by Gasteiger charge is -2.23. The SMILES string of the molecule is COC(=O)Nc1ccc(C(=O)COC(=O)C(Cc2ccccc2)NC(=O)OC(C)(C)C)cc1. The first-order valence-corrected chi connectivity index (χ1v) is 10.3. The molecule has 9 nitrogen and oxygen atoms in total. The minimum atomic E-state index is -1.04. The summed E-state index contributed by atoms with van der Waals surface area (Å²) in [6.45, 7) is 4.62. The molecule has 0 aliphatic heterocycles. The third-order valence-corrected chi connectivity index (χ3v) is 4.24. The molecule has 2 aromatic rings. The molecule has 0 heterocycles. The Hall–Kier alpha value is -3.88. The zero-order valence-corrected chi connectivity index (χ0v) is 19.0. The topological polar surface area (TPSA) is 120 Å². The van der Waals surface area contributed by atoms with Gasteiger partial charge >= 0.3 is 18.2 Å². The lowest BCUT2D eigenvalue weighted by atomic mass is 10.1. The normalized spacial score (nSPS) is 11.6. The number of hydrogen-bond acceptors (Lipinski definition) is 7. The molecule has 2 aromatic carbocycles. The van der Waals surface area contributed by atoms with Crippen molar-refractivity contribution in [2.75, 3.05) is 19.0 Å². The number of esters is 1. The Morgan fingerprint density at radius 1 is 0.909 bits per heavy atom. The van der Waals surface area contributed by atoms with E-state index in [0.29, 0.717) is 5.69 Å². The molecule has 0 saturated carbocycles. The number of ether oxygens (including phenoxy) is 3. The van der Waals surface area contributed by atoms with Crippen LogP contribution in [0.5, 0.6) is 0 Å². The molecule has 2 rings (SSSR count). The van der Waals surface area contributed by atoms with Gasteiger partial charge in [0.15, 0.2) is 12.4 Å². The van der Waals surface area contributed by atoms with E-state index in [2.05, 4.69) is 15.4 Å². The molecule has 2 N–H and O–H groups in total. The predicted octanol–water partition coefficient (Wildman–Crippen LogP) is 3.73. The maximum absolute atomic E-state index is 12.7. The van der Waals surface area contributed by atoms with E-state index in [1.54, 1.807) is 20.8 Å². The number of ketones is 1. The number of carbonyl (C=O) groups is 4. The molecule has 9 heteroatoms. The number of amides is 2. The maximum atomic E-state index is 12.7. The lowest BCUT2D eigenvalue weighted by Crippen LogP contribution is -2.45. The van der Waals surface area contributed by atoms with Crippen molar-refractivity contribution in [3.05, 3.63) is 65.7 Å². The van der Waals surface area contributed by atoms with E-state index in [9.17, 15) is 19.2 Å². The summed E-state index contributed by atoms with van der Waals surface area (Å²) in [6, 6.07) is 14.1. The van der Waals surface area contributed by atoms with Crippen LogP contribution >= 0.6 is 0 Å². The van der Waals surface area contributed by atoms with Gasteiger partial charge in [0.1, 0.15) is 11.6 Å². The van der Waals surface area contributed by atoms with Gasteiger partial charge in [0.25, 0.3) is 0 Å². The first-order chi connectivity index (χ1) is 15.6. The Kier molecular flexibility index (Phi) is 8.97. The first-order valence-electron chi connectivity index (χ1n) is 10.3. The van der Waals surface area contributed by atoms with E-state index in [1.807, 2.05) is 30.3 Å². The van der Waals surface area contributed by atoms with Gasteiger partial charge in [-0.25, -0.2) is 14.4 Å². The standard InChI is InChI=1S/C24H28N2O7/c1-24(2,3)33-23(30)26-19(14-16-8-6-5-7-9-16)21(28)32-15-20(27)17-10-12-18(13-11-17)25-22(29)31-4/h5-13,19H,14-15H2,1-4H3,(H,25,29)(H,26,30). The van der Waals surface area contributed by atoms with Gasteiger partial charge in [-0.3, -0.25) is 10.1 Å². The van der Waals surface area contributed by atoms with E-state index < -0.39 is 42.2 Å². The molecule has 0 radical (unpaired) electrons. The van der Waals surface area contributed by atoms with E-state index in [-0.39, 0.29) is 12.0 Å². The van der Waals surface area contributed by atoms with E-state index in [1.165, 1.54) is 31.4 Å². The van der Waals surface area contributed by atoms with Crippen molar-refractivity contribution in [1.82, 2.24) is 5.32 Å². The predicted molar refractivity (Wildman–Crippen MR) is 121 cm³/mol. The van der Waals surface area contributed by atoms with Gasteiger partial charge in [-0.15, -0.1) is 0 Å².